The van der Waals surface area contributed by atoms with E-state index in [1.165, 1.54) is 5.56 Å². The first-order valence-electron chi connectivity index (χ1n) is 7.35. The second-order valence-corrected chi connectivity index (χ2v) is 5.24. The summed E-state index contributed by atoms with van der Waals surface area (Å²) in [5.74, 6) is 0.323. The molecule has 0 atom stereocenters. The maximum absolute atomic E-state index is 12.3. The van der Waals surface area contributed by atoms with Crippen molar-refractivity contribution < 1.29 is 4.79 Å². The highest BCUT2D eigenvalue weighted by atomic mass is 16.2. The largest absolute Gasteiger partial charge is 0.337 e. The van der Waals surface area contributed by atoms with Gasteiger partial charge in [-0.1, -0.05) is 37.3 Å². The maximum Gasteiger partial charge on any atom is 0.222 e. The molecule has 104 valence electrons. The van der Waals surface area contributed by atoms with Crippen LogP contribution in [0.15, 0.2) is 30.3 Å². The number of hydrogen-bond acceptors (Lipinski definition) is 2. The molecular weight excluding hydrogens is 236 g/mol. The summed E-state index contributed by atoms with van der Waals surface area (Å²) in [6, 6.07) is 10.8. The molecule has 1 aliphatic heterocycles. The Morgan fingerprint density at radius 2 is 2.05 bits per heavy atom. The maximum atomic E-state index is 12.3. The van der Waals surface area contributed by atoms with Crippen LogP contribution in [-0.4, -0.2) is 36.5 Å². The Kier molecular flexibility index (Phi) is 5.40. The molecule has 1 aromatic rings. The van der Waals surface area contributed by atoms with E-state index in [0.29, 0.717) is 18.4 Å². The molecule has 1 saturated heterocycles. The second kappa shape index (κ2) is 7.29. The van der Waals surface area contributed by atoms with Crippen molar-refractivity contribution in [3.8, 4) is 0 Å². The van der Waals surface area contributed by atoms with Gasteiger partial charge in [0.25, 0.3) is 0 Å². The number of aryl methyl sites for hydroxylation is 1. The van der Waals surface area contributed by atoms with E-state index >= 15 is 0 Å². The van der Waals surface area contributed by atoms with Gasteiger partial charge < -0.3 is 10.2 Å². The van der Waals surface area contributed by atoms with Crippen LogP contribution < -0.4 is 5.32 Å². The Bertz CT molecular complexity index is 387. The molecule has 0 spiro atoms. The summed E-state index contributed by atoms with van der Waals surface area (Å²) >= 11 is 0. The van der Waals surface area contributed by atoms with Crippen LogP contribution in [0.2, 0.25) is 0 Å². The molecule has 0 saturated carbocycles. The van der Waals surface area contributed by atoms with Gasteiger partial charge in [0.15, 0.2) is 0 Å². The highest BCUT2D eigenvalue weighted by molar-refractivity contribution is 5.76. The van der Waals surface area contributed by atoms with Gasteiger partial charge in [-0.3, -0.25) is 4.79 Å². The highest BCUT2D eigenvalue weighted by Crippen LogP contribution is 2.11. The summed E-state index contributed by atoms with van der Waals surface area (Å²) in [5, 5.41) is 3.24. The molecule has 0 unspecified atom stereocenters. The average molecular weight is 260 g/mol. The first kappa shape index (κ1) is 14.1. The third kappa shape index (κ3) is 4.06. The molecule has 3 heteroatoms. The van der Waals surface area contributed by atoms with E-state index in [1.54, 1.807) is 0 Å². The first-order chi connectivity index (χ1) is 9.31. The first-order valence-corrected chi connectivity index (χ1v) is 7.35. The Morgan fingerprint density at radius 1 is 1.32 bits per heavy atom. The molecule has 1 heterocycles. The van der Waals surface area contributed by atoms with Crippen molar-refractivity contribution in [2.24, 2.45) is 0 Å². The number of rotatable bonds is 7. The lowest BCUT2D eigenvalue weighted by atomic mass is 10.1. The summed E-state index contributed by atoms with van der Waals surface area (Å²) in [4.78, 5) is 14.3. The van der Waals surface area contributed by atoms with Crippen molar-refractivity contribution in [3.05, 3.63) is 35.9 Å². The monoisotopic (exact) mass is 260 g/mol. The van der Waals surface area contributed by atoms with Crippen LogP contribution >= 0.6 is 0 Å². The van der Waals surface area contributed by atoms with Gasteiger partial charge in [-0.05, 0) is 24.8 Å². The van der Waals surface area contributed by atoms with E-state index < -0.39 is 0 Å². The molecule has 0 bridgehead atoms. The highest BCUT2D eigenvalue weighted by Gasteiger charge is 2.27. The fraction of sp³-hybridized carbons (Fsp3) is 0.562. The van der Waals surface area contributed by atoms with Gasteiger partial charge in [0.05, 0.1) is 6.04 Å². The Labute approximate surface area is 116 Å². The van der Waals surface area contributed by atoms with Crippen molar-refractivity contribution in [1.82, 2.24) is 10.2 Å². The SMILES string of the molecule is CCCN(C(=O)CCCc1ccccc1)C1CNC1. The summed E-state index contributed by atoms with van der Waals surface area (Å²) in [6.45, 7) is 4.96. The van der Waals surface area contributed by atoms with Gasteiger partial charge in [0.1, 0.15) is 0 Å². The van der Waals surface area contributed by atoms with Crippen molar-refractivity contribution in [3.63, 3.8) is 0 Å². The van der Waals surface area contributed by atoms with Crippen molar-refractivity contribution in [1.29, 1.82) is 0 Å². The van der Waals surface area contributed by atoms with E-state index in [0.717, 1.165) is 38.9 Å². The molecule has 1 N–H and O–H groups in total. The Balaban J connectivity index is 1.75. The van der Waals surface area contributed by atoms with E-state index in [2.05, 4.69) is 41.4 Å². The molecule has 2 rings (SSSR count). The van der Waals surface area contributed by atoms with Crippen molar-refractivity contribution >= 4 is 5.91 Å². The number of hydrogen-bond donors (Lipinski definition) is 1. The second-order valence-electron chi connectivity index (χ2n) is 5.24. The summed E-state index contributed by atoms with van der Waals surface area (Å²) in [6.07, 6.45) is 3.66. The van der Waals surface area contributed by atoms with E-state index in [-0.39, 0.29) is 0 Å². The number of amides is 1. The molecule has 1 amide bonds. The molecule has 3 nitrogen and oxygen atoms in total. The number of carbonyl (C=O) groups is 1. The van der Waals surface area contributed by atoms with Crippen LogP contribution in [-0.2, 0) is 11.2 Å². The van der Waals surface area contributed by atoms with E-state index in [9.17, 15) is 4.79 Å². The molecular formula is C16H24N2O. The van der Waals surface area contributed by atoms with Gasteiger partial charge in [-0.25, -0.2) is 0 Å². The molecule has 1 aromatic carbocycles. The van der Waals surface area contributed by atoms with Gasteiger partial charge in [0.2, 0.25) is 5.91 Å². The van der Waals surface area contributed by atoms with Crippen LogP contribution in [0.5, 0.6) is 0 Å². The molecule has 1 aliphatic rings. The topological polar surface area (TPSA) is 32.3 Å². The molecule has 1 fully saturated rings. The van der Waals surface area contributed by atoms with Gasteiger partial charge in [0, 0.05) is 26.1 Å². The minimum Gasteiger partial charge on any atom is -0.337 e. The minimum atomic E-state index is 0.323. The van der Waals surface area contributed by atoms with Gasteiger partial charge in [-0.15, -0.1) is 0 Å². The van der Waals surface area contributed by atoms with Crippen LogP contribution in [0.4, 0.5) is 0 Å². The van der Waals surface area contributed by atoms with Gasteiger partial charge >= 0.3 is 0 Å². The lowest BCUT2D eigenvalue weighted by Crippen LogP contribution is -2.59. The van der Waals surface area contributed by atoms with Gasteiger partial charge in [-0.2, -0.15) is 0 Å². The lowest BCUT2D eigenvalue weighted by Gasteiger charge is -2.38. The van der Waals surface area contributed by atoms with Crippen LogP contribution in [0.25, 0.3) is 0 Å². The normalized spacial score (nSPS) is 15.0. The van der Waals surface area contributed by atoms with E-state index in [1.807, 2.05) is 6.07 Å². The quantitative estimate of drug-likeness (QED) is 0.815. The zero-order valence-electron chi connectivity index (χ0n) is 11.8. The van der Waals surface area contributed by atoms with Crippen LogP contribution in [0.1, 0.15) is 31.7 Å². The standard InChI is InChI=1S/C16H24N2O/c1-2-11-18(15-12-17-13-15)16(19)10-6-9-14-7-4-3-5-8-14/h3-5,7-8,15,17H,2,6,9-13H2,1H3. The zero-order valence-corrected chi connectivity index (χ0v) is 11.8. The number of carbonyl (C=O) groups excluding carboxylic acids is 1. The lowest BCUT2D eigenvalue weighted by molar-refractivity contribution is -0.134. The van der Waals surface area contributed by atoms with Crippen molar-refractivity contribution in [2.75, 3.05) is 19.6 Å². The predicted octanol–water partition coefficient (Wildman–Crippen LogP) is 2.22. The predicted molar refractivity (Wildman–Crippen MR) is 78.0 cm³/mol. The van der Waals surface area contributed by atoms with Crippen LogP contribution in [0, 0.1) is 0 Å². The molecule has 0 aromatic heterocycles. The average Bonchev–Trinajstić information content (AvgIpc) is 2.37. The fourth-order valence-corrected chi connectivity index (χ4v) is 2.48. The number of benzene rings is 1. The smallest absolute Gasteiger partial charge is 0.222 e. The number of nitrogens with one attached hydrogen (secondary N) is 1. The fourth-order valence-electron chi connectivity index (χ4n) is 2.48. The molecule has 0 aliphatic carbocycles. The Morgan fingerprint density at radius 3 is 2.63 bits per heavy atom. The molecule has 0 radical (unpaired) electrons. The number of nitrogens with zero attached hydrogens (tertiary/aromatic N) is 1. The zero-order chi connectivity index (χ0) is 13.5. The van der Waals surface area contributed by atoms with Crippen LogP contribution in [0.3, 0.4) is 0 Å². The van der Waals surface area contributed by atoms with E-state index in [4.69, 9.17) is 0 Å². The summed E-state index contributed by atoms with van der Waals surface area (Å²) in [5.41, 5.74) is 1.32. The summed E-state index contributed by atoms with van der Waals surface area (Å²) in [7, 11) is 0. The summed E-state index contributed by atoms with van der Waals surface area (Å²) < 4.78 is 0. The third-order valence-corrected chi connectivity index (χ3v) is 3.68. The molecule has 19 heavy (non-hydrogen) atoms. The van der Waals surface area contributed by atoms with Crippen molar-refractivity contribution in [2.45, 2.75) is 38.6 Å². The third-order valence-electron chi connectivity index (χ3n) is 3.68. The minimum absolute atomic E-state index is 0.323. The Hall–Kier alpha value is -1.35.